The van der Waals surface area contributed by atoms with Crippen molar-refractivity contribution in [2.75, 3.05) is 0 Å². The van der Waals surface area contributed by atoms with Crippen LogP contribution in [0.2, 0.25) is 5.02 Å². The van der Waals surface area contributed by atoms with Gasteiger partial charge in [0.15, 0.2) is 0 Å². The smallest absolute Gasteiger partial charge is 0.242 e. The van der Waals surface area contributed by atoms with E-state index in [1.807, 2.05) is 18.2 Å². The number of benzene rings is 1. The third-order valence-electron chi connectivity index (χ3n) is 3.32. The first-order chi connectivity index (χ1) is 11.0. The zero-order valence-corrected chi connectivity index (χ0v) is 13.6. The molecular weight excluding hydrogens is 316 g/mol. The molecule has 2 aromatic rings. The average Bonchev–Trinajstić information content (AvgIpc) is 3.04. The molecule has 0 aliphatic rings. The fourth-order valence-corrected chi connectivity index (χ4v) is 2.28. The average molecular weight is 335 g/mol. The quantitative estimate of drug-likeness (QED) is 0.817. The van der Waals surface area contributed by atoms with Crippen molar-refractivity contribution in [3.8, 4) is 0 Å². The molecule has 2 rings (SSSR count). The summed E-state index contributed by atoms with van der Waals surface area (Å²) in [5, 5.41) is 6.03. The van der Waals surface area contributed by atoms with E-state index in [1.54, 1.807) is 31.4 Å². The van der Waals surface area contributed by atoms with E-state index in [9.17, 15) is 9.59 Å². The molecular formula is C17H19ClN2O3. The third kappa shape index (κ3) is 5.79. The fraction of sp³-hybridized carbons (Fsp3) is 0.294. The molecule has 6 heteroatoms. The van der Waals surface area contributed by atoms with Crippen LogP contribution in [0.1, 0.15) is 24.7 Å². The van der Waals surface area contributed by atoms with Gasteiger partial charge in [-0.1, -0.05) is 23.7 Å². The van der Waals surface area contributed by atoms with Gasteiger partial charge in [0.25, 0.3) is 0 Å². The molecule has 1 aromatic heterocycles. The van der Waals surface area contributed by atoms with Crippen LogP contribution in [-0.2, 0) is 22.6 Å². The molecule has 0 saturated carbocycles. The van der Waals surface area contributed by atoms with Gasteiger partial charge in [-0.2, -0.15) is 0 Å². The van der Waals surface area contributed by atoms with E-state index >= 15 is 0 Å². The highest BCUT2D eigenvalue weighted by atomic mass is 35.5. The molecule has 1 aromatic carbocycles. The molecule has 2 N–H and O–H groups in total. The summed E-state index contributed by atoms with van der Waals surface area (Å²) in [6.07, 6.45) is 2.42. The highest BCUT2D eigenvalue weighted by molar-refractivity contribution is 6.30. The van der Waals surface area contributed by atoms with Gasteiger partial charge in [-0.15, -0.1) is 0 Å². The van der Waals surface area contributed by atoms with Gasteiger partial charge in [0, 0.05) is 11.4 Å². The summed E-state index contributed by atoms with van der Waals surface area (Å²) >= 11 is 5.90. The van der Waals surface area contributed by atoms with Crippen molar-refractivity contribution in [1.29, 1.82) is 0 Å². The van der Waals surface area contributed by atoms with Crippen LogP contribution in [0.25, 0.3) is 0 Å². The van der Waals surface area contributed by atoms with Crippen LogP contribution >= 0.6 is 11.6 Å². The predicted octanol–water partition coefficient (Wildman–Crippen LogP) is 2.69. The van der Waals surface area contributed by atoms with Crippen molar-refractivity contribution >= 4 is 23.4 Å². The minimum atomic E-state index is -0.600. The summed E-state index contributed by atoms with van der Waals surface area (Å²) in [6, 6.07) is 10.3. The number of aryl methyl sites for hydroxylation is 1. The highest BCUT2D eigenvalue weighted by Crippen LogP contribution is 2.12. The van der Waals surface area contributed by atoms with Crippen LogP contribution in [0, 0.1) is 0 Å². The maximum absolute atomic E-state index is 11.9. The number of nitrogens with one attached hydrogen (secondary N) is 2. The maximum Gasteiger partial charge on any atom is 0.242 e. The van der Waals surface area contributed by atoms with Crippen molar-refractivity contribution in [2.24, 2.45) is 0 Å². The molecule has 0 aliphatic heterocycles. The molecule has 1 heterocycles. The molecule has 1 atom stereocenters. The van der Waals surface area contributed by atoms with Crippen LogP contribution in [0.3, 0.4) is 0 Å². The van der Waals surface area contributed by atoms with Crippen molar-refractivity contribution < 1.29 is 14.0 Å². The molecule has 23 heavy (non-hydrogen) atoms. The van der Waals surface area contributed by atoms with Gasteiger partial charge >= 0.3 is 0 Å². The first kappa shape index (κ1) is 17.1. The Morgan fingerprint density at radius 3 is 2.78 bits per heavy atom. The molecule has 0 fully saturated rings. The number of halogens is 1. The fourth-order valence-electron chi connectivity index (χ4n) is 2.07. The Hall–Kier alpha value is -2.27. The molecule has 0 spiro atoms. The Morgan fingerprint density at radius 1 is 1.26 bits per heavy atom. The van der Waals surface area contributed by atoms with E-state index in [0.717, 1.165) is 5.56 Å². The number of furan rings is 1. The normalized spacial score (nSPS) is 11.7. The van der Waals surface area contributed by atoms with Crippen LogP contribution in [0.15, 0.2) is 47.1 Å². The summed E-state index contributed by atoms with van der Waals surface area (Å²) in [5.74, 6) is 0.237. The van der Waals surface area contributed by atoms with E-state index in [1.165, 1.54) is 0 Å². The minimum absolute atomic E-state index is 0.175. The second-order valence-corrected chi connectivity index (χ2v) is 5.65. The van der Waals surface area contributed by atoms with E-state index in [4.69, 9.17) is 16.0 Å². The molecule has 0 radical (unpaired) electrons. The van der Waals surface area contributed by atoms with Gasteiger partial charge < -0.3 is 15.1 Å². The molecule has 0 unspecified atom stereocenters. The molecule has 0 bridgehead atoms. The van der Waals surface area contributed by atoms with Crippen molar-refractivity contribution in [3.05, 3.63) is 59.0 Å². The molecule has 5 nitrogen and oxygen atoms in total. The van der Waals surface area contributed by atoms with Crippen molar-refractivity contribution in [3.63, 3.8) is 0 Å². The molecule has 0 saturated heterocycles. The molecule has 122 valence electrons. The Labute approximate surface area is 140 Å². The SMILES string of the molecule is C[C@H](NC(=O)CCc1cccc(Cl)c1)C(=O)NCc1ccco1. The number of carbonyl (C=O) groups excluding carboxylic acids is 2. The number of rotatable bonds is 7. The summed E-state index contributed by atoms with van der Waals surface area (Å²) in [5.41, 5.74) is 0.988. The summed E-state index contributed by atoms with van der Waals surface area (Å²) in [6.45, 7) is 1.95. The number of hydrogen-bond donors (Lipinski definition) is 2. The minimum Gasteiger partial charge on any atom is -0.467 e. The third-order valence-corrected chi connectivity index (χ3v) is 3.55. The van der Waals surface area contributed by atoms with Crippen molar-refractivity contribution in [2.45, 2.75) is 32.4 Å². The van der Waals surface area contributed by atoms with Crippen molar-refractivity contribution in [1.82, 2.24) is 10.6 Å². The van der Waals surface area contributed by atoms with Crippen LogP contribution in [0.4, 0.5) is 0 Å². The lowest BCUT2D eigenvalue weighted by Gasteiger charge is -2.13. The van der Waals surface area contributed by atoms with Crippen LogP contribution in [-0.4, -0.2) is 17.9 Å². The molecule has 2 amide bonds. The van der Waals surface area contributed by atoms with Crippen LogP contribution < -0.4 is 10.6 Å². The number of hydrogen-bond acceptors (Lipinski definition) is 3. The standard InChI is InChI=1S/C17H19ClN2O3/c1-12(17(22)19-11-15-6-3-9-23-15)20-16(21)8-7-13-4-2-5-14(18)10-13/h2-6,9-10,12H,7-8,11H2,1H3,(H,19,22)(H,20,21)/t12-/m0/s1. The Balaban J connectivity index is 1.72. The summed E-state index contributed by atoms with van der Waals surface area (Å²) < 4.78 is 5.13. The van der Waals surface area contributed by atoms with Crippen LogP contribution in [0.5, 0.6) is 0 Å². The molecule has 0 aliphatic carbocycles. The summed E-state index contributed by atoms with van der Waals surface area (Å²) in [4.78, 5) is 23.8. The van der Waals surface area contributed by atoms with Gasteiger partial charge in [-0.3, -0.25) is 9.59 Å². The lowest BCUT2D eigenvalue weighted by molar-refractivity contribution is -0.128. The first-order valence-electron chi connectivity index (χ1n) is 7.38. The number of carbonyl (C=O) groups is 2. The maximum atomic E-state index is 11.9. The second-order valence-electron chi connectivity index (χ2n) is 5.22. The topological polar surface area (TPSA) is 71.3 Å². The zero-order valence-electron chi connectivity index (χ0n) is 12.8. The van der Waals surface area contributed by atoms with Gasteiger partial charge in [0.05, 0.1) is 12.8 Å². The Morgan fingerprint density at radius 2 is 2.09 bits per heavy atom. The number of amides is 2. The lowest BCUT2D eigenvalue weighted by Crippen LogP contribution is -2.44. The lowest BCUT2D eigenvalue weighted by atomic mass is 10.1. The zero-order chi connectivity index (χ0) is 16.7. The van der Waals surface area contributed by atoms with E-state index in [0.29, 0.717) is 30.2 Å². The van der Waals surface area contributed by atoms with E-state index < -0.39 is 6.04 Å². The Bertz CT molecular complexity index is 656. The summed E-state index contributed by atoms with van der Waals surface area (Å²) in [7, 11) is 0. The Kier molecular flexibility index (Phi) is 6.23. The van der Waals surface area contributed by atoms with Gasteiger partial charge in [-0.25, -0.2) is 0 Å². The van der Waals surface area contributed by atoms with E-state index in [2.05, 4.69) is 10.6 Å². The van der Waals surface area contributed by atoms with E-state index in [-0.39, 0.29) is 11.8 Å². The van der Waals surface area contributed by atoms with Gasteiger partial charge in [0.2, 0.25) is 11.8 Å². The monoisotopic (exact) mass is 334 g/mol. The highest BCUT2D eigenvalue weighted by Gasteiger charge is 2.15. The first-order valence-corrected chi connectivity index (χ1v) is 7.76. The largest absolute Gasteiger partial charge is 0.467 e. The second kappa shape index (κ2) is 8.39. The van der Waals surface area contributed by atoms with Gasteiger partial charge in [-0.05, 0) is 43.2 Å². The van der Waals surface area contributed by atoms with Gasteiger partial charge in [0.1, 0.15) is 11.8 Å². The predicted molar refractivity (Wildman–Crippen MR) is 87.9 cm³/mol.